The molecular weight excluding hydrogens is 365 g/mol. The van der Waals surface area contributed by atoms with Crippen molar-refractivity contribution < 1.29 is 14.3 Å². The normalized spacial score (nSPS) is 19.3. The third-order valence-corrected chi connectivity index (χ3v) is 3.81. The maximum Gasteiger partial charge on any atom is 0.308 e. The lowest BCUT2D eigenvalue weighted by atomic mass is 10.2. The Morgan fingerprint density at radius 3 is 3.26 bits per heavy atom. The van der Waals surface area contributed by atoms with Gasteiger partial charge in [-0.05, 0) is 22.6 Å². The van der Waals surface area contributed by atoms with Crippen LogP contribution in [0.25, 0.3) is 0 Å². The molecule has 0 aromatic carbocycles. The van der Waals surface area contributed by atoms with Gasteiger partial charge in [-0.1, -0.05) is 0 Å². The molecule has 19 heavy (non-hydrogen) atoms. The number of ether oxygens (including phenoxy) is 2. The third kappa shape index (κ3) is 3.44. The molecule has 0 spiro atoms. The van der Waals surface area contributed by atoms with Gasteiger partial charge in [0.05, 0.1) is 32.6 Å². The van der Waals surface area contributed by atoms with Crippen LogP contribution in [0.15, 0.2) is 11.1 Å². The summed E-state index contributed by atoms with van der Waals surface area (Å²) in [5.41, 5.74) is -0.165. The van der Waals surface area contributed by atoms with E-state index in [9.17, 15) is 9.59 Å². The van der Waals surface area contributed by atoms with Gasteiger partial charge in [-0.15, -0.1) is 0 Å². The highest BCUT2D eigenvalue weighted by molar-refractivity contribution is 14.1. The molecule has 104 valence electrons. The minimum atomic E-state index is -0.305. The molecule has 0 saturated carbocycles. The lowest BCUT2D eigenvalue weighted by Gasteiger charge is -2.33. The van der Waals surface area contributed by atoms with E-state index < -0.39 is 0 Å². The van der Waals surface area contributed by atoms with Crippen LogP contribution < -0.4 is 10.5 Å². The van der Waals surface area contributed by atoms with E-state index in [1.165, 1.54) is 13.4 Å². The van der Waals surface area contributed by atoms with Crippen LogP contribution in [-0.4, -0.2) is 48.8 Å². The summed E-state index contributed by atoms with van der Waals surface area (Å²) < 4.78 is 10.7. The molecule has 1 aromatic heterocycles. The zero-order valence-corrected chi connectivity index (χ0v) is 12.5. The number of carbonyl (C=O) groups excluding carboxylic acids is 1. The summed E-state index contributed by atoms with van der Waals surface area (Å²) in [6, 6.07) is 0. The molecule has 1 aliphatic rings. The maximum atomic E-state index is 11.6. The highest BCUT2D eigenvalue weighted by atomic mass is 127. The Bertz CT molecular complexity index is 519. The Morgan fingerprint density at radius 2 is 2.53 bits per heavy atom. The number of anilines is 1. The van der Waals surface area contributed by atoms with E-state index in [4.69, 9.17) is 4.74 Å². The van der Waals surface area contributed by atoms with Crippen LogP contribution in [0, 0.1) is 3.57 Å². The van der Waals surface area contributed by atoms with Gasteiger partial charge >= 0.3 is 5.97 Å². The van der Waals surface area contributed by atoms with Gasteiger partial charge in [0, 0.05) is 13.1 Å². The van der Waals surface area contributed by atoms with Gasteiger partial charge in [0.15, 0.2) is 0 Å². The topological polar surface area (TPSA) is 84.5 Å². The predicted molar refractivity (Wildman–Crippen MR) is 76.2 cm³/mol. The molecule has 8 heteroatoms. The first-order valence-corrected chi connectivity index (χ1v) is 6.86. The minimum absolute atomic E-state index is 0.165. The highest BCUT2D eigenvalue weighted by Gasteiger charge is 2.25. The fraction of sp³-hybridized carbons (Fsp3) is 0.545. The largest absolute Gasteiger partial charge is 0.469 e. The first-order chi connectivity index (χ1) is 9.11. The number of esters is 1. The van der Waals surface area contributed by atoms with E-state index in [1.807, 2.05) is 27.5 Å². The van der Waals surface area contributed by atoms with E-state index in [-0.39, 0.29) is 24.1 Å². The van der Waals surface area contributed by atoms with Crippen LogP contribution in [0.4, 0.5) is 5.82 Å². The van der Waals surface area contributed by atoms with Crippen molar-refractivity contribution in [1.29, 1.82) is 0 Å². The molecule has 7 nitrogen and oxygen atoms in total. The van der Waals surface area contributed by atoms with Gasteiger partial charge in [0.25, 0.3) is 5.56 Å². The van der Waals surface area contributed by atoms with Crippen molar-refractivity contribution in [2.24, 2.45) is 0 Å². The second-order valence-electron chi connectivity index (χ2n) is 4.09. The summed E-state index contributed by atoms with van der Waals surface area (Å²) in [6.07, 6.45) is 1.34. The number of aromatic amines is 1. The smallest absolute Gasteiger partial charge is 0.308 e. The predicted octanol–water partition coefficient (Wildman–Crippen LogP) is 0.143. The van der Waals surface area contributed by atoms with Gasteiger partial charge in [-0.3, -0.25) is 9.59 Å². The zero-order valence-electron chi connectivity index (χ0n) is 10.4. The first kappa shape index (κ1) is 14.3. The zero-order chi connectivity index (χ0) is 13.8. The summed E-state index contributed by atoms with van der Waals surface area (Å²) in [6.45, 7) is 1.65. The second-order valence-corrected chi connectivity index (χ2v) is 5.17. The molecule has 0 amide bonds. The molecule has 1 saturated heterocycles. The molecule has 2 rings (SSSR count). The molecule has 0 aliphatic carbocycles. The average molecular weight is 379 g/mol. The van der Waals surface area contributed by atoms with Crippen LogP contribution in [0.1, 0.15) is 6.42 Å². The van der Waals surface area contributed by atoms with Crippen molar-refractivity contribution in [1.82, 2.24) is 9.97 Å². The lowest BCUT2D eigenvalue weighted by molar-refractivity contribution is -0.144. The van der Waals surface area contributed by atoms with Crippen molar-refractivity contribution in [3.63, 3.8) is 0 Å². The SMILES string of the molecule is COC(=O)CC1CN(c2nc[nH]c(=O)c2I)CCO1. The minimum Gasteiger partial charge on any atom is -0.469 e. The number of nitrogens with one attached hydrogen (secondary N) is 1. The molecule has 1 N–H and O–H groups in total. The second kappa shape index (κ2) is 6.33. The highest BCUT2D eigenvalue weighted by Crippen LogP contribution is 2.19. The van der Waals surface area contributed by atoms with Crippen molar-refractivity contribution in [2.75, 3.05) is 31.7 Å². The van der Waals surface area contributed by atoms with Crippen LogP contribution in [0.5, 0.6) is 0 Å². The van der Waals surface area contributed by atoms with Gasteiger partial charge < -0.3 is 19.4 Å². The molecule has 1 aliphatic heterocycles. The van der Waals surface area contributed by atoms with Crippen molar-refractivity contribution >= 4 is 34.4 Å². The molecule has 1 unspecified atom stereocenters. The average Bonchev–Trinajstić information content (AvgIpc) is 2.42. The van der Waals surface area contributed by atoms with Crippen LogP contribution in [-0.2, 0) is 14.3 Å². The fourth-order valence-electron chi connectivity index (χ4n) is 1.90. The van der Waals surface area contributed by atoms with Crippen molar-refractivity contribution in [3.8, 4) is 0 Å². The van der Waals surface area contributed by atoms with Gasteiger partial charge in [-0.25, -0.2) is 4.98 Å². The number of rotatable bonds is 3. The summed E-state index contributed by atoms with van der Waals surface area (Å²) in [7, 11) is 1.35. The molecule has 1 atom stereocenters. The standard InChI is InChI=1S/C11H14IN3O4/c1-18-8(16)4-7-5-15(2-3-19-7)10-9(12)11(17)14-6-13-10/h6-7H,2-5H2,1H3,(H,13,14,17). The van der Waals surface area contributed by atoms with Crippen molar-refractivity contribution in [3.05, 3.63) is 20.3 Å². The summed E-state index contributed by atoms with van der Waals surface area (Å²) in [5, 5.41) is 0. The molecule has 1 aromatic rings. The maximum absolute atomic E-state index is 11.6. The summed E-state index contributed by atoms with van der Waals surface area (Å²) in [5.74, 6) is 0.322. The lowest BCUT2D eigenvalue weighted by Crippen LogP contribution is -2.44. The van der Waals surface area contributed by atoms with E-state index in [2.05, 4.69) is 14.7 Å². The molecule has 0 bridgehead atoms. The Morgan fingerprint density at radius 1 is 1.74 bits per heavy atom. The van der Waals surface area contributed by atoms with Crippen LogP contribution >= 0.6 is 22.6 Å². The van der Waals surface area contributed by atoms with E-state index in [1.54, 1.807) is 0 Å². The van der Waals surface area contributed by atoms with E-state index in [0.717, 1.165) is 0 Å². The number of carbonyl (C=O) groups is 1. The Hall–Kier alpha value is -1.16. The van der Waals surface area contributed by atoms with E-state index in [0.29, 0.717) is 29.1 Å². The van der Waals surface area contributed by atoms with Crippen LogP contribution in [0.3, 0.4) is 0 Å². The number of hydrogen-bond acceptors (Lipinski definition) is 6. The Balaban J connectivity index is 2.11. The van der Waals surface area contributed by atoms with Gasteiger partial charge in [-0.2, -0.15) is 0 Å². The fourth-order valence-corrected chi connectivity index (χ4v) is 2.53. The number of hydrogen-bond donors (Lipinski definition) is 1. The molecular formula is C11H14IN3O4. The number of methoxy groups -OCH3 is 1. The molecule has 2 heterocycles. The van der Waals surface area contributed by atoms with E-state index >= 15 is 0 Å². The van der Waals surface area contributed by atoms with Gasteiger partial charge in [0.2, 0.25) is 0 Å². The molecule has 1 fully saturated rings. The monoisotopic (exact) mass is 379 g/mol. The summed E-state index contributed by atoms with van der Waals surface area (Å²) in [4.78, 5) is 31.5. The third-order valence-electron chi connectivity index (χ3n) is 2.84. The molecule has 0 radical (unpaired) electrons. The number of H-pyrrole nitrogens is 1. The number of morpholine rings is 1. The Labute approximate surface area is 123 Å². The number of nitrogens with zero attached hydrogens (tertiary/aromatic N) is 2. The number of halogens is 1. The first-order valence-electron chi connectivity index (χ1n) is 5.78. The van der Waals surface area contributed by atoms with Crippen molar-refractivity contribution in [2.45, 2.75) is 12.5 Å². The van der Waals surface area contributed by atoms with Crippen LogP contribution in [0.2, 0.25) is 0 Å². The Kier molecular flexibility index (Phi) is 4.75. The number of aromatic nitrogens is 2. The van der Waals surface area contributed by atoms with Gasteiger partial charge in [0.1, 0.15) is 9.39 Å². The summed E-state index contributed by atoms with van der Waals surface area (Å²) >= 11 is 1.97. The quantitative estimate of drug-likeness (QED) is 0.595.